The molecule has 0 radical (unpaired) electrons. The molecule has 0 bridgehead atoms. The standard InChI is InChI=1S/C23H26N2O3S/c1-17-4-8-21(9-5-17)29(27,28)25-13-10-18-6-7-19(15-22(18)25)23(26)11-14-24-12-2-3-20(24)16-23/h4-10,13,15,20,26H,2-3,11-12,14,16H2,1H3/t20-,23+/m0/s1. The van der Waals surface area contributed by atoms with Crippen LogP contribution in [0, 0.1) is 6.92 Å². The third-order valence-corrected chi connectivity index (χ3v) is 8.36. The molecule has 152 valence electrons. The van der Waals surface area contributed by atoms with Gasteiger partial charge < -0.3 is 10.0 Å². The van der Waals surface area contributed by atoms with Gasteiger partial charge in [0.25, 0.3) is 10.0 Å². The van der Waals surface area contributed by atoms with E-state index in [0.29, 0.717) is 24.4 Å². The second-order valence-electron chi connectivity index (χ2n) is 8.52. The molecule has 0 saturated carbocycles. The van der Waals surface area contributed by atoms with Crippen molar-refractivity contribution in [2.24, 2.45) is 0 Å². The zero-order chi connectivity index (χ0) is 20.2. The van der Waals surface area contributed by atoms with Crippen LogP contribution in [-0.4, -0.2) is 41.5 Å². The second-order valence-corrected chi connectivity index (χ2v) is 10.3. The molecule has 2 aliphatic rings. The molecule has 3 aromatic rings. The van der Waals surface area contributed by atoms with Gasteiger partial charge >= 0.3 is 0 Å². The summed E-state index contributed by atoms with van der Waals surface area (Å²) >= 11 is 0. The van der Waals surface area contributed by atoms with Gasteiger partial charge in [-0.2, -0.15) is 0 Å². The van der Waals surface area contributed by atoms with E-state index in [9.17, 15) is 13.5 Å². The number of piperidine rings is 1. The summed E-state index contributed by atoms with van der Waals surface area (Å²) in [6.07, 6.45) is 5.32. The van der Waals surface area contributed by atoms with Crippen LogP contribution in [-0.2, 0) is 15.6 Å². The first-order valence-corrected chi connectivity index (χ1v) is 11.7. The van der Waals surface area contributed by atoms with Crippen molar-refractivity contribution in [1.82, 2.24) is 8.87 Å². The summed E-state index contributed by atoms with van der Waals surface area (Å²) in [5.41, 5.74) is 1.55. The van der Waals surface area contributed by atoms with Gasteiger partial charge in [-0.3, -0.25) is 0 Å². The predicted molar refractivity (Wildman–Crippen MR) is 113 cm³/mol. The van der Waals surface area contributed by atoms with Gasteiger partial charge in [0.05, 0.1) is 16.0 Å². The van der Waals surface area contributed by atoms with E-state index in [2.05, 4.69) is 4.90 Å². The Hall–Kier alpha value is -2.15. The van der Waals surface area contributed by atoms with E-state index >= 15 is 0 Å². The lowest BCUT2D eigenvalue weighted by Crippen LogP contribution is -2.46. The van der Waals surface area contributed by atoms with Crippen LogP contribution < -0.4 is 0 Å². The first-order valence-electron chi connectivity index (χ1n) is 10.3. The Morgan fingerprint density at radius 3 is 2.66 bits per heavy atom. The maximum Gasteiger partial charge on any atom is 0.268 e. The van der Waals surface area contributed by atoms with Crippen molar-refractivity contribution in [1.29, 1.82) is 0 Å². The van der Waals surface area contributed by atoms with Crippen LogP contribution in [0.25, 0.3) is 10.9 Å². The van der Waals surface area contributed by atoms with Crippen LogP contribution in [0.4, 0.5) is 0 Å². The quantitative estimate of drug-likeness (QED) is 0.716. The van der Waals surface area contributed by atoms with Crippen LogP contribution in [0.15, 0.2) is 59.6 Å². The monoisotopic (exact) mass is 410 g/mol. The normalized spacial score (nSPS) is 25.4. The highest BCUT2D eigenvalue weighted by Crippen LogP contribution is 2.40. The lowest BCUT2D eigenvalue weighted by molar-refractivity contribution is -0.0408. The molecule has 0 unspecified atom stereocenters. The number of aliphatic hydroxyl groups is 1. The van der Waals surface area contributed by atoms with E-state index in [1.165, 1.54) is 10.4 Å². The summed E-state index contributed by atoms with van der Waals surface area (Å²) in [6, 6.07) is 14.9. The van der Waals surface area contributed by atoms with E-state index in [1.54, 1.807) is 18.3 Å². The summed E-state index contributed by atoms with van der Waals surface area (Å²) in [7, 11) is -3.69. The van der Waals surface area contributed by atoms with Gasteiger partial charge in [0.1, 0.15) is 0 Å². The average molecular weight is 411 g/mol. The summed E-state index contributed by atoms with van der Waals surface area (Å²) in [4.78, 5) is 2.74. The molecular weight excluding hydrogens is 384 g/mol. The molecule has 2 aliphatic heterocycles. The van der Waals surface area contributed by atoms with Gasteiger partial charge in [0, 0.05) is 24.2 Å². The summed E-state index contributed by atoms with van der Waals surface area (Å²) in [5, 5.41) is 12.3. The van der Waals surface area contributed by atoms with Crippen LogP contribution in [0.5, 0.6) is 0 Å². The number of benzene rings is 2. The van der Waals surface area contributed by atoms with Crippen LogP contribution in [0.1, 0.15) is 36.8 Å². The molecule has 5 nitrogen and oxygen atoms in total. The lowest BCUT2D eigenvalue weighted by atomic mass is 9.81. The van der Waals surface area contributed by atoms with Gasteiger partial charge in [-0.05, 0) is 69.0 Å². The number of nitrogens with zero attached hydrogens (tertiary/aromatic N) is 2. The minimum absolute atomic E-state index is 0.268. The molecular formula is C23H26N2O3S. The highest BCUT2D eigenvalue weighted by atomic mass is 32.2. The summed E-state index contributed by atoms with van der Waals surface area (Å²) in [5.74, 6) is 0. The molecule has 0 aliphatic carbocycles. The zero-order valence-electron chi connectivity index (χ0n) is 16.6. The minimum atomic E-state index is -3.69. The van der Waals surface area contributed by atoms with Crippen molar-refractivity contribution < 1.29 is 13.5 Å². The number of hydrogen-bond acceptors (Lipinski definition) is 4. The fraction of sp³-hybridized carbons (Fsp3) is 0.391. The fourth-order valence-corrected chi connectivity index (χ4v) is 6.28. The molecule has 2 saturated heterocycles. The fourth-order valence-electron chi connectivity index (χ4n) is 4.93. The van der Waals surface area contributed by atoms with Crippen molar-refractivity contribution in [2.75, 3.05) is 13.1 Å². The number of aromatic nitrogens is 1. The van der Waals surface area contributed by atoms with Crippen LogP contribution >= 0.6 is 0 Å². The number of rotatable bonds is 3. The van der Waals surface area contributed by atoms with E-state index in [0.717, 1.165) is 36.0 Å². The molecule has 0 spiro atoms. The Bertz CT molecular complexity index is 1170. The molecule has 2 fully saturated rings. The first kappa shape index (κ1) is 18.9. The van der Waals surface area contributed by atoms with Crippen molar-refractivity contribution in [3.63, 3.8) is 0 Å². The molecule has 29 heavy (non-hydrogen) atoms. The Kier molecular flexibility index (Phi) is 4.35. The predicted octanol–water partition coefficient (Wildman–Crippen LogP) is 3.63. The Morgan fingerprint density at radius 1 is 1.07 bits per heavy atom. The maximum absolute atomic E-state index is 13.2. The number of hydrogen-bond donors (Lipinski definition) is 1. The van der Waals surface area contributed by atoms with Gasteiger partial charge in [-0.1, -0.05) is 29.8 Å². The number of aryl methyl sites for hydroxylation is 1. The number of fused-ring (bicyclic) bond motifs is 2. The third-order valence-electron chi connectivity index (χ3n) is 6.66. The van der Waals surface area contributed by atoms with E-state index < -0.39 is 15.6 Å². The van der Waals surface area contributed by atoms with E-state index in [1.807, 2.05) is 43.3 Å². The Labute approximate surface area is 171 Å². The van der Waals surface area contributed by atoms with E-state index in [4.69, 9.17) is 0 Å². The van der Waals surface area contributed by atoms with Gasteiger partial charge in [0.2, 0.25) is 0 Å². The molecule has 1 aromatic heterocycles. The molecule has 2 aromatic carbocycles. The smallest absolute Gasteiger partial charge is 0.268 e. The van der Waals surface area contributed by atoms with E-state index in [-0.39, 0.29) is 4.90 Å². The highest BCUT2D eigenvalue weighted by Gasteiger charge is 2.41. The van der Waals surface area contributed by atoms with Crippen LogP contribution in [0.2, 0.25) is 0 Å². The van der Waals surface area contributed by atoms with Crippen molar-refractivity contribution in [3.8, 4) is 0 Å². The Balaban J connectivity index is 1.56. The average Bonchev–Trinajstić information content (AvgIpc) is 3.34. The summed E-state index contributed by atoms with van der Waals surface area (Å²) in [6.45, 7) is 3.95. The third kappa shape index (κ3) is 3.10. The van der Waals surface area contributed by atoms with Gasteiger partial charge in [0.15, 0.2) is 0 Å². The zero-order valence-corrected chi connectivity index (χ0v) is 17.4. The van der Waals surface area contributed by atoms with Crippen molar-refractivity contribution in [2.45, 2.75) is 49.1 Å². The minimum Gasteiger partial charge on any atom is -0.385 e. The van der Waals surface area contributed by atoms with Gasteiger partial charge in [-0.25, -0.2) is 12.4 Å². The van der Waals surface area contributed by atoms with Crippen molar-refractivity contribution in [3.05, 3.63) is 65.9 Å². The lowest BCUT2D eigenvalue weighted by Gasteiger charge is -2.41. The molecule has 1 N–H and O–H groups in total. The van der Waals surface area contributed by atoms with Crippen molar-refractivity contribution >= 4 is 20.9 Å². The first-order chi connectivity index (χ1) is 13.9. The van der Waals surface area contributed by atoms with Gasteiger partial charge in [-0.15, -0.1) is 0 Å². The molecule has 3 heterocycles. The molecule has 2 atom stereocenters. The highest BCUT2D eigenvalue weighted by molar-refractivity contribution is 7.90. The largest absolute Gasteiger partial charge is 0.385 e. The second kappa shape index (κ2) is 6.69. The molecule has 0 amide bonds. The summed E-state index contributed by atoms with van der Waals surface area (Å²) < 4.78 is 27.8. The molecule has 5 rings (SSSR count). The molecule has 6 heteroatoms. The van der Waals surface area contributed by atoms with Crippen LogP contribution in [0.3, 0.4) is 0 Å². The maximum atomic E-state index is 13.2. The topological polar surface area (TPSA) is 62.5 Å². The SMILES string of the molecule is Cc1ccc(S(=O)(=O)n2ccc3ccc([C@@]4(O)CCN5CCC[C@H]5C4)cc32)cc1. The Morgan fingerprint density at radius 2 is 1.86 bits per heavy atom.